The molecule has 0 fully saturated rings. The fraction of sp³-hybridized carbons (Fsp3) is 0.273. The highest BCUT2D eigenvalue weighted by Crippen LogP contribution is 2.34. The molecule has 0 bridgehead atoms. The number of aromatic nitrogens is 1. The molecular formula is C22H22N2O4S. The van der Waals surface area contributed by atoms with Crippen molar-refractivity contribution in [2.45, 2.75) is 20.5 Å². The van der Waals surface area contributed by atoms with Crippen LogP contribution < -0.4 is 18.9 Å². The number of benzene rings is 2. The van der Waals surface area contributed by atoms with Crippen LogP contribution >= 0.6 is 11.3 Å². The van der Waals surface area contributed by atoms with Gasteiger partial charge in [-0.25, -0.2) is 4.98 Å². The zero-order valence-electron chi connectivity index (χ0n) is 16.6. The quantitative estimate of drug-likeness (QED) is 0.490. The van der Waals surface area contributed by atoms with Crippen molar-refractivity contribution in [3.05, 3.63) is 53.0 Å². The average molecular weight is 410 g/mol. The number of nitriles is 1. The second-order valence-corrected chi connectivity index (χ2v) is 6.80. The molecule has 2 aromatic carbocycles. The van der Waals surface area contributed by atoms with E-state index in [0.29, 0.717) is 48.4 Å². The summed E-state index contributed by atoms with van der Waals surface area (Å²) in [5.74, 6) is 2.53. The predicted molar refractivity (Wildman–Crippen MR) is 112 cm³/mol. The first kappa shape index (κ1) is 20.5. The second kappa shape index (κ2) is 9.80. The normalized spacial score (nSPS) is 10.3. The Kier molecular flexibility index (Phi) is 6.93. The molecule has 0 atom stereocenters. The van der Waals surface area contributed by atoms with Crippen LogP contribution in [-0.2, 0) is 6.61 Å². The molecule has 1 heterocycles. The van der Waals surface area contributed by atoms with Gasteiger partial charge in [0.1, 0.15) is 11.6 Å². The Morgan fingerprint density at radius 1 is 0.931 bits per heavy atom. The Balaban J connectivity index is 1.74. The molecule has 0 aliphatic rings. The maximum Gasteiger partial charge on any atom is 0.162 e. The maximum absolute atomic E-state index is 9.05. The van der Waals surface area contributed by atoms with Gasteiger partial charge >= 0.3 is 0 Å². The van der Waals surface area contributed by atoms with Gasteiger partial charge in [0.2, 0.25) is 0 Å². The number of thiazole rings is 1. The molecule has 3 aromatic rings. The fourth-order valence-electron chi connectivity index (χ4n) is 2.70. The van der Waals surface area contributed by atoms with E-state index < -0.39 is 0 Å². The zero-order valence-corrected chi connectivity index (χ0v) is 17.4. The van der Waals surface area contributed by atoms with Gasteiger partial charge in [0, 0.05) is 17.0 Å². The topological polar surface area (TPSA) is 73.6 Å². The maximum atomic E-state index is 9.05. The highest BCUT2D eigenvalue weighted by molar-refractivity contribution is 7.13. The van der Waals surface area contributed by atoms with E-state index in [1.165, 1.54) is 11.3 Å². The van der Waals surface area contributed by atoms with Crippen LogP contribution in [-0.4, -0.2) is 25.3 Å². The van der Waals surface area contributed by atoms with Gasteiger partial charge in [-0.3, -0.25) is 0 Å². The van der Waals surface area contributed by atoms with Crippen molar-refractivity contribution in [1.29, 1.82) is 5.26 Å². The molecule has 0 N–H and O–H groups in total. The fourth-order valence-corrected chi connectivity index (χ4v) is 3.50. The van der Waals surface area contributed by atoms with E-state index in [0.717, 1.165) is 16.3 Å². The van der Waals surface area contributed by atoms with E-state index in [-0.39, 0.29) is 0 Å². The summed E-state index contributed by atoms with van der Waals surface area (Å²) in [7, 11) is 1.62. The van der Waals surface area contributed by atoms with E-state index in [1.54, 1.807) is 25.3 Å². The summed E-state index contributed by atoms with van der Waals surface area (Å²) < 4.78 is 22.4. The van der Waals surface area contributed by atoms with Crippen molar-refractivity contribution >= 4 is 11.3 Å². The third-order valence-corrected chi connectivity index (χ3v) is 4.95. The Bertz CT molecular complexity index is 1010. The van der Waals surface area contributed by atoms with Gasteiger partial charge in [0.15, 0.2) is 23.0 Å². The molecule has 7 heteroatoms. The third-order valence-electron chi connectivity index (χ3n) is 4.01. The lowest BCUT2D eigenvalue weighted by Crippen LogP contribution is -2.00. The molecule has 0 spiro atoms. The molecule has 0 aliphatic carbocycles. The van der Waals surface area contributed by atoms with Crippen molar-refractivity contribution in [1.82, 2.24) is 4.98 Å². The summed E-state index contributed by atoms with van der Waals surface area (Å²) in [6.07, 6.45) is 0. The lowest BCUT2D eigenvalue weighted by Gasteiger charge is -2.11. The number of rotatable bonds is 9. The van der Waals surface area contributed by atoms with Crippen LogP contribution in [0.4, 0.5) is 0 Å². The van der Waals surface area contributed by atoms with Crippen LogP contribution in [0.15, 0.2) is 41.8 Å². The molecule has 0 saturated carbocycles. The monoisotopic (exact) mass is 410 g/mol. The summed E-state index contributed by atoms with van der Waals surface area (Å²) in [6.45, 7) is 5.20. The largest absolute Gasteiger partial charge is 0.493 e. The summed E-state index contributed by atoms with van der Waals surface area (Å²) in [6, 6.07) is 13.0. The minimum atomic E-state index is 0.302. The van der Waals surface area contributed by atoms with E-state index in [1.807, 2.05) is 37.4 Å². The first-order valence-corrected chi connectivity index (χ1v) is 10.1. The van der Waals surface area contributed by atoms with Gasteiger partial charge < -0.3 is 18.9 Å². The Labute approximate surface area is 174 Å². The first-order valence-electron chi connectivity index (χ1n) is 9.23. The van der Waals surface area contributed by atoms with Crippen molar-refractivity contribution in [3.8, 4) is 39.6 Å². The molecule has 0 aliphatic heterocycles. The van der Waals surface area contributed by atoms with E-state index in [2.05, 4.69) is 11.1 Å². The van der Waals surface area contributed by atoms with Crippen LogP contribution in [0.2, 0.25) is 0 Å². The minimum Gasteiger partial charge on any atom is -0.493 e. The number of hydrogen-bond acceptors (Lipinski definition) is 7. The molecule has 29 heavy (non-hydrogen) atoms. The first-order chi connectivity index (χ1) is 14.2. The van der Waals surface area contributed by atoms with Crippen molar-refractivity contribution < 1.29 is 18.9 Å². The van der Waals surface area contributed by atoms with Crippen LogP contribution in [0.5, 0.6) is 23.0 Å². The SMILES string of the molecule is CCOc1ccc(-c2nc(COc3ccc(C#N)cc3OCC)cs2)cc1OC. The molecule has 0 unspecified atom stereocenters. The van der Waals surface area contributed by atoms with Gasteiger partial charge in [-0.2, -0.15) is 5.26 Å². The van der Waals surface area contributed by atoms with E-state index in [9.17, 15) is 0 Å². The predicted octanol–water partition coefficient (Wildman–Crippen LogP) is 5.07. The van der Waals surface area contributed by atoms with Crippen molar-refractivity contribution in [2.24, 2.45) is 0 Å². The van der Waals surface area contributed by atoms with Gasteiger partial charge in [-0.05, 0) is 44.2 Å². The van der Waals surface area contributed by atoms with E-state index in [4.69, 9.17) is 24.2 Å². The lowest BCUT2D eigenvalue weighted by molar-refractivity contribution is 0.267. The van der Waals surface area contributed by atoms with Crippen LogP contribution in [0.3, 0.4) is 0 Å². The molecule has 0 saturated heterocycles. The number of hydrogen-bond donors (Lipinski definition) is 0. The Morgan fingerprint density at radius 2 is 1.66 bits per heavy atom. The molecule has 6 nitrogen and oxygen atoms in total. The zero-order chi connectivity index (χ0) is 20.6. The molecule has 0 radical (unpaired) electrons. The summed E-state index contributed by atoms with van der Waals surface area (Å²) in [5.41, 5.74) is 2.29. The highest BCUT2D eigenvalue weighted by Gasteiger charge is 2.12. The summed E-state index contributed by atoms with van der Waals surface area (Å²) in [5, 5.41) is 11.9. The van der Waals surface area contributed by atoms with Crippen LogP contribution in [0.1, 0.15) is 25.1 Å². The third kappa shape index (κ3) is 4.98. The standard InChI is InChI=1S/C22H22N2O4S/c1-4-26-18-9-7-16(11-20(18)25-3)22-24-17(14-29-22)13-28-19-8-6-15(12-23)10-21(19)27-5-2/h6-11,14H,4-5,13H2,1-3H3. The van der Waals surface area contributed by atoms with Crippen LogP contribution in [0.25, 0.3) is 10.6 Å². The smallest absolute Gasteiger partial charge is 0.162 e. The molecule has 150 valence electrons. The van der Waals surface area contributed by atoms with Crippen molar-refractivity contribution in [3.63, 3.8) is 0 Å². The number of methoxy groups -OCH3 is 1. The van der Waals surface area contributed by atoms with Gasteiger partial charge in [-0.15, -0.1) is 11.3 Å². The molecule has 1 aromatic heterocycles. The van der Waals surface area contributed by atoms with Gasteiger partial charge in [0.05, 0.1) is 37.7 Å². The molecule has 3 rings (SSSR count). The van der Waals surface area contributed by atoms with Gasteiger partial charge in [-0.1, -0.05) is 0 Å². The van der Waals surface area contributed by atoms with Crippen molar-refractivity contribution in [2.75, 3.05) is 20.3 Å². The Hall–Kier alpha value is -3.24. The number of ether oxygens (including phenoxy) is 4. The average Bonchev–Trinajstić information content (AvgIpc) is 3.22. The molecule has 0 amide bonds. The van der Waals surface area contributed by atoms with Crippen LogP contribution in [0, 0.1) is 11.3 Å². The molecular weight excluding hydrogens is 388 g/mol. The lowest BCUT2D eigenvalue weighted by atomic mass is 10.2. The van der Waals surface area contributed by atoms with E-state index >= 15 is 0 Å². The number of nitrogens with zero attached hydrogens (tertiary/aromatic N) is 2. The van der Waals surface area contributed by atoms with Gasteiger partial charge in [0.25, 0.3) is 0 Å². The Morgan fingerprint density at radius 3 is 2.38 bits per heavy atom. The summed E-state index contributed by atoms with van der Waals surface area (Å²) in [4.78, 5) is 4.66. The second-order valence-electron chi connectivity index (χ2n) is 5.94. The minimum absolute atomic E-state index is 0.302. The highest BCUT2D eigenvalue weighted by atomic mass is 32.1. The summed E-state index contributed by atoms with van der Waals surface area (Å²) >= 11 is 1.53.